The second kappa shape index (κ2) is 3.83. The van der Waals surface area contributed by atoms with Gasteiger partial charge in [-0.2, -0.15) is 0 Å². The summed E-state index contributed by atoms with van der Waals surface area (Å²) in [5, 5.41) is 14.5. The standard InChI is InChI=1S/C5H11N5O2S2/c1-3(2)4(14(6,11)12)10-5(13)7-8-9-10/h3-4H,1-2H3,(H2,6,11,12)(H,7,9,13). The lowest BCUT2D eigenvalue weighted by Gasteiger charge is -2.18. The van der Waals surface area contributed by atoms with E-state index in [4.69, 9.17) is 5.14 Å². The summed E-state index contributed by atoms with van der Waals surface area (Å²) >= 11 is 3.92. The number of nitrogens with zero attached hydrogens (tertiary/aromatic N) is 4. The average molecular weight is 237 g/mol. The number of nitrogens with two attached hydrogens (primary N) is 1. The quantitative estimate of drug-likeness (QED) is 0.683. The van der Waals surface area contributed by atoms with Crippen LogP contribution in [0.3, 0.4) is 0 Å². The Kier molecular flexibility index (Phi) is 3.12. The van der Waals surface area contributed by atoms with E-state index < -0.39 is 15.4 Å². The zero-order valence-corrected chi connectivity index (χ0v) is 9.40. The first-order chi connectivity index (χ1) is 6.34. The van der Waals surface area contributed by atoms with E-state index in [1.54, 1.807) is 13.8 Å². The predicted octanol–water partition coefficient (Wildman–Crippen LogP) is -0.595. The molecule has 0 saturated heterocycles. The van der Waals surface area contributed by atoms with Crippen LogP contribution in [0.2, 0.25) is 0 Å². The third-order valence-corrected chi connectivity index (χ3v) is 3.33. The molecule has 0 aliphatic heterocycles. The third-order valence-electron chi connectivity index (χ3n) is 1.62. The molecule has 0 radical (unpaired) electrons. The number of tetrazole rings is 1. The molecule has 1 aromatic heterocycles. The molecule has 1 aromatic rings. The Bertz CT molecular complexity index is 412. The minimum Gasteiger partial charge on any atom is -0.227 e. The van der Waals surface area contributed by atoms with E-state index in [0.717, 1.165) is 4.68 Å². The first kappa shape index (κ1) is 11.4. The Labute approximate surface area is 87.1 Å². The van der Waals surface area contributed by atoms with Crippen molar-refractivity contribution in [2.75, 3.05) is 0 Å². The molecule has 0 aliphatic rings. The minimum atomic E-state index is -3.74. The molecule has 14 heavy (non-hydrogen) atoms. The van der Waals surface area contributed by atoms with Gasteiger partial charge in [0.25, 0.3) is 0 Å². The van der Waals surface area contributed by atoms with Gasteiger partial charge in [-0.05, 0) is 16.3 Å². The molecule has 1 rings (SSSR count). The van der Waals surface area contributed by atoms with E-state index in [1.165, 1.54) is 0 Å². The fourth-order valence-corrected chi connectivity index (χ4v) is 2.62. The van der Waals surface area contributed by atoms with Gasteiger partial charge in [0.2, 0.25) is 15.2 Å². The summed E-state index contributed by atoms with van der Waals surface area (Å²) < 4.78 is 23.6. The maximum Gasteiger partial charge on any atom is 0.232 e. The summed E-state index contributed by atoms with van der Waals surface area (Å²) in [6.45, 7) is 3.42. The molecular weight excluding hydrogens is 226 g/mol. The zero-order chi connectivity index (χ0) is 10.9. The molecule has 1 atom stereocenters. The van der Waals surface area contributed by atoms with Crippen molar-refractivity contribution in [3.05, 3.63) is 0 Å². The molecule has 1 heterocycles. The Morgan fingerprint density at radius 1 is 1.50 bits per heavy atom. The highest BCUT2D eigenvalue weighted by Crippen LogP contribution is 2.22. The molecule has 0 fully saturated rings. The van der Waals surface area contributed by atoms with Crippen LogP contribution in [0, 0.1) is 5.92 Å². The van der Waals surface area contributed by atoms with E-state index in [2.05, 4.69) is 28.2 Å². The van der Waals surface area contributed by atoms with Gasteiger partial charge in [0, 0.05) is 0 Å². The zero-order valence-electron chi connectivity index (χ0n) is 7.69. The highest BCUT2D eigenvalue weighted by atomic mass is 32.2. The molecule has 2 N–H and O–H groups in total. The highest BCUT2D eigenvalue weighted by Gasteiger charge is 2.29. The summed E-state index contributed by atoms with van der Waals surface area (Å²) in [6.07, 6.45) is 0. The van der Waals surface area contributed by atoms with Crippen LogP contribution in [-0.2, 0) is 10.0 Å². The number of hydrogen-bond acceptors (Lipinski definition) is 6. The van der Waals surface area contributed by atoms with Crippen LogP contribution < -0.4 is 5.14 Å². The van der Waals surface area contributed by atoms with Crippen molar-refractivity contribution >= 4 is 22.7 Å². The Morgan fingerprint density at radius 2 is 2.07 bits per heavy atom. The number of sulfonamides is 1. The van der Waals surface area contributed by atoms with E-state index >= 15 is 0 Å². The van der Waals surface area contributed by atoms with Gasteiger partial charge in [0.15, 0.2) is 5.37 Å². The fraction of sp³-hybridized carbons (Fsp3) is 0.800. The topological polar surface area (TPSA) is 104 Å². The van der Waals surface area contributed by atoms with Crippen molar-refractivity contribution in [3.63, 3.8) is 0 Å². The summed E-state index contributed by atoms with van der Waals surface area (Å²) in [5.74, 6) is -0.237. The van der Waals surface area contributed by atoms with Gasteiger partial charge in [-0.25, -0.2) is 18.2 Å². The predicted molar refractivity (Wildman–Crippen MR) is 52.1 cm³/mol. The molecule has 9 heteroatoms. The van der Waals surface area contributed by atoms with Crippen molar-refractivity contribution in [1.29, 1.82) is 0 Å². The number of thiol groups is 1. The molecule has 0 bridgehead atoms. The molecular formula is C5H11N5O2S2. The lowest BCUT2D eigenvalue weighted by Crippen LogP contribution is -2.31. The lowest BCUT2D eigenvalue weighted by molar-refractivity contribution is 0.403. The van der Waals surface area contributed by atoms with E-state index in [0.29, 0.717) is 0 Å². The SMILES string of the molecule is CC(C)C(n1nnnc1S)S(N)(=O)=O. The van der Waals surface area contributed by atoms with Crippen LogP contribution in [0.25, 0.3) is 0 Å². The number of hydrogen-bond donors (Lipinski definition) is 2. The Balaban J connectivity index is 3.21. The summed E-state index contributed by atoms with van der Waals surface area (Å²) in [4.78, 5) is 0. The second-order valence-electron chi connectivity index (χ2n) is 3.15. The largest absolute Gasteiger partial charge is 0.232 e. The van der Waals surface area contributed by atoms with E-state index in [-0.39, 0.29) is 11.1 Å². The number of primary sulfonamides is 1. The third kappa shape index (κ3) is 2.22. The molecule has 80 valence electrons. The first-order valence-corrected chi connectivity index (χ1v) is 5.88. The van der Waals surface area contributed by atoms with Crippen LogP contribution in [0.5, 0.6) is 0 Å². The summed E-state index contributed by atoms with van der Waals surface area (Å²) in [5.41, 5.74) is 0. The van der Waals surface area contributed by atoms with Gasteiger partial charge in [0.05, 0.1) is 0 Å². The van der Waals surface area contributed by atoms with Gasteiger partial charge >= 0.3 is 0 Å². The molecule has 0 aromatic carbocycles. The van der Waals surface area contributed by atoms with Crippen LogP contribution in [0.4, 0.5) is 0 Å². The van der Waals surface area contributed by atoms with Crippen molar-refractivity contribution in [1.82, 2.24) is 20.2 Å². The van der Waals surface area contributed by atoms with Gasteiger partial charge < -0.3 is 0 Å². The Hall–Kier alpha value is -0.670. The van der Waals surface area contributed by atoms with Gasteiger partial charge in [-0.1, -0.05) is 13.8 Å². The summed E-state index contributed by atoms with van der Waals surface area (Å²) in [6, 6.07) is 0. The van der Waals surface area contributed by atoms with Crippen molar-refractivity contribution in [2.45, 2.75) is 24.4 Å². The van der Waals surface area contributed by atoms with Gasteiger partial charge in [-0.3, -0.25) is 0 Å². The molecule has 0 amide bonds. The molecule has 1 unspecified atom stereocenters. The first-order valence-electron chi connectivity index (χ1n) is 3.82. The smallest absolute Gasteiger partial charge is 0.227 e. The van der Waals surface area contributed by atoms with E-state index in [9.17, 15) is 8.42 Å². The van der Waals surface area contributed by atoms with Crippen LogP contribution in [0.1, 0.15) is 19.2 Å². The summed E-state index contributed by atoms with van der Waals surface area (Å²) in [7, 11) is -3.74. The van der Waals surface area contributed by atoms with Crippen LogP contribution >= 0.6 is 12.6 Å². The van der Waals surface area contributed by atoms with Crippen molar-refractivity contribution in [2.24, 2.45) is 11.1 Å². The molecule has 0 spiro atoms. The van der Waals surface area contributed by atoms with Crippen LogP contribution in [-0.4, -0.2) is 28.6 Å². The maximum absolute atomic E-state index is 11.3. The molecule has 0 saturated carbocycles. The average Bonchev–Trinajstić information content (AvgIpc) is 2.32. The Morgan fingerprint density at radius 3 is 2.36 bits per heavy atom. The highest BCUT2D eigenvalue weighted by molar-refractivity contribution is 7.89. The lowest BCUT2D eigenvalue weighted by atomic mass is 10.2. The number of aromatic nitrogens is 4. The second-order valence-corrected chi connectivity index (χ2v) is 5.21. The molecule has 7 nitrogen and oxygen atoms in total. The number of rotatable bonds is 3. The minimum absolute atomic E-state index is 0.123. The van der Waals surface area contributed by atoms with Crippen molar-refractivity contribution in [3.8, 4) is 0 Å². The van der Waals surface area contributed by atoms with Crippen LogP contribution in [0.15, 0.2) is 5.16 Å². The van der Waals surface area contributed by atoms with Gasteiger partial charge in [0.1, 0.15) is 0 Å². The maximum atomic E-state index is 11.3. The monoisotopic (exact) mass is 237 g/mol. The normalized spacial score (nSPS) is 14.6. The van der Waals surface area contributed by atoms with Crippen molar-refractivity contribution < 1.29 is 8.42 Å². The fourth-order valence-electron chi connectivity index (χ4n) is 1.15. The van der Waals surface area contributed by atoms with E-state index in [1.807, 2.05) is 0 Å². The molecule has 0 aliphatic carbocycles. The van der Waals surface area contributed by atoms with Gasteiger partial charge in [-0.15, -0.1) is 17.7 Å².